The molecule has 3 aromatic carbocycles. The van der Waals surface area contributed by atoms with Crippen molar-refractivity contribution in [3.63, 3.8) is 0 Å². The van der Waals surface area contributed by atoms with E-state index in [9.17, 15) is 27.7 Å². The molecule has 0 spiro atoms. The van der Waals surface area contributed by atoms with Crippen molar-refractivity contribution < 1.29 is 26.7 Å². The summed E-state index contributed by atoms with van der Waals surface area (Å²) in [6, 6.07) is 16.3. The predicted molar refractivity (Wildman–Crippen MR) is 128 cm³/mol. The Labute approximate surface area is 202 Å². The van der Waals surface area contributed by atoms with Crippen molar-refractivity contribution in [2.45, 2.75) is 31.3 Å². The van der Waals surface area contributed by atoms with Crippen LogP contribution in [0.15, 0.2) is 83.8 Å². The number of carbonyl (C=O) groups is 1. The van der Waals surface area contributed by atoms with Gasteiger partial charge in [0.25, 0.3) is 5.69 Å². The van der Waals surface area contributed by atoms with Crippen molar-refractivity contribution in [3.8, 4) is 5.75 Å². The second kappa shape index (κ2) is 10.9. The van der Waals surface area contributed by atoms with E-state index in [-0.39, 0.29) is 34.8 Å². The third kappa shape index (κ3) is 6.97. The molecule has 0 atom stereocenters. The summed E-state index contributed by atoms with van der Waals surface area (Å²) in [5.41, 5.74) is 1.23. The zero-order chi connectivity index (χ0) is 25.6. The number of nitro groups is 1. The van der Waals surface area contributed by atoms with Gasteiger partial charge in [0, 0.05) is 30.8 Å². The monoisotopic (exact) mass is 498 g/mol. The summed E-state index contributed by atoms with van der Waals surface area (Å²) in [6.07, 6.45) is 2.94. The number of nitro benzene ring substituents is 1. The van der Waals surface area contributed by atoms with Crippen LogP contribution in [0.2, 0.25) is 0 Å². The molecule has 3 aromatic rings. The van der Waals surface area contributed by atoms with Crippen molar-refractivity contribution in [3.05, 3.63) is 106 Å². The Bertz CT molecular complexity index is 1340. The van der Waals surface area contributed by atoms with Crippen molar-refractivity contribution in [1.82, 2.24) is 4.90 Å². The molecule has 0 aliphatic rings. The number of benzene rings is 3. The molecule has 10 heteroatoms. The molecule has 0 aromatic heterocycles. The molecule has 8 nitrogen and oxygen atoms in total. The molecule has 0 heterocycles. The third-order valence-electron chi connectivity index (χ3n) is 4.99. The highest BCUT2D eigenvalue weighted by Crippen LogP contribution is 2.22. The highest BCUT2D eigenvalue weighted by Gasteiger charge is 2.19. The Morgan fingerprint density at radius 3 is 2.34 bits per heavy atom. The van der Waals surface area contributed by atoms with Gasteiger partial charge in [0.1, 0.15) is 16.5 Å². The first-order chi connectivity index (χ1) is 16.5. The van der Waals surface area contributed by atoms with E-state index in [1.54, 1.807) is 35.2 Å². The largest absolute Gasteiger partial charge is 0.379 e. The number of hydrogen-bond donors (Lipinski definition) is 0. The van der Waals surface area contributed by atoms with Gasteiger partial charge in [-0.3, -0.25) is 14.9 Å². The van der Waals surface area contributed by atoms with Gasteiger partial charge in [-0.25, -0.2) is 4.39 Å². The quantitative estimate of drug-likeness (QED) is 0.179. The SMILES string of the molecule is CC(C)N(Cc1cccc(OS(=O)(=O)c2ccc(F)cc2)c1)C(=O)C=Cc1ccc([N+](=O)[O-])cc1. The molecule has 3 rings (SSSR count). The summed E-state index contributed by atoms with van der Waals surface area (Å²) in [5, 5.41) is 10.8. The van der Waals surface area contributed by atoms with Crippen LogP contribution in [0.4, 0.5) is 10.1 Å². The fourth-order valence-corrected chi connectivity index (χ4v) is 4.08. The van der Waals surface area contributed by atoms with Gasteiger partial charge in [0.05, 0.1) is 4.92 Å². The van der Waals surface area contributed by atoms with Crippen LogP contribution in [0.5, 0.6) is 5.75 Å². The van der Waals surface area contributed by atoms with Gasteiger partial charge in [-0.1, -0.05) is 12.1 Å². The van der Waals surface area contributed by atoms with Crippen LogP contribution < -0.4 is 4.18 Å². The molecular formula is C25H23FN2O6S. The first kappa shape index (κ1) is 25.6. The molecule has 0 aliphatic heterocycles. The summed E-state index contributed by atoms with van der Waals surface area (Å²) in [5.74, 6) is -0.792. The smallest absolute Gasteiger partial charge is 0.339 e. The maximum absolute atomic E-state index is 13.1. The molecule has 0 aliphatic carbocycles. The fraction of sp³-hybridized carbons (Fsp3) is 0.160. The normalized spacial score (nSPS) is 11.5. The van der Waals surface area contributed by atoms with Gasteiger partial charge >= 0.3 is 10.1 Å². The van der Waals surface area contributed by atoms with E-state index in [1.165, 1.54) is 30.3 Å². The molecule has 0 unspecified atom stereocenters. The Morgan fingerprint density at radius 2 is 1.74 bits per heavy atom. The number of non-ortho nitro benzene ring substituents is 1. The van der Waals surface area contributed by atoms with Gasteiger partial charge in [-0.05, 0) is 79.6 Å². The maximum Gasteiger partial charge on any atom is 0.339 e. The lowest BCUT2D eigenvalue weighted by Gasteiger charge is -2.26. The summed E-state index contributed by atoms with van der Waals surface area (Å²) in [6.45, 7) is 3.88. The zero-order valence-electron chi connectivity index (χ0n) is 19.0. The van der Waals surface area contributed by atoms with E-state index in [0.717, 1.165) is 24.3 Å². The minimum absolute atomic E-state index is 0.0409. The highest BCUT2D eigenvalue weighted by atomic mass is 32.2. The average molecular weight is 499 g/mol. The molecule has 0 saturated carbocycles. The van der Waals surface area contributed by atoms with Crippen LogP contribution in [0.3, 0.4) is 0 Å². The van der Waals surface area contributed by atoms with Crippen LogP contribution in [0, 0.1) is 15.9 Å². The average Bonchev–Trinajstić information content (AvgIpc) is 2.81. The molecule has 182 valence electrons. The highest BCUT2D eigenvalue weighted by molar-refractivity contribution is 7.87. The Hall–Kier alpha value is -4.05. The molecule has 1 amide bonds. The van der Waals surface area contributed by atoms with Crippen molar-refractivity contribution >= 4 is 27.8 Å². The molecule has 0 radical (unpaired) electrons. The van der Waals surface area contributed by atoms with Gasteiger partial charge in [-0.2, -0.15) is 8.42 Å². The fourth-order valence-electron chi connectivity index (χ4n) is 3.15. The first-order valence-electron chi connectivity index (χ1n) is 10.6. The van der Waals surface area contributed by atoms with Crippen LogP contribution in [0.1, 0.15) is 25.0 Å². The summed E-state index contributed by atoms with van der Waals surface area (Å²) in [4.78, 5) is 24.5. The molecule has 35 heavy (non-hydrogen) atoms. The molecule has 0 N–H and O–H groups in total. The maximum atomic E-state index is 13.1. The van der Waals surface area contributed by atoms with E-state index >= 15 is 0 Å². The lowest BCUT2D eigenvalue weighted by molar-refractivity contribution is -0.384. The second-order valence-corrected chi connectivity index (χ2v) is 9.43. The second-order valence-electron chi connectivity index (χ2n) is 7.88. The number of rotatable bonds is 9. The number of hydrogen-bond acceptors (Lipinski definition) is 6. The van der Waals surface area contributed by atoms with Crippen molar-refractivity contribution in [1.29, 1.82) is 0 Å². The van der Waals surface area contributed by atoms with Gasteiger partial charge < -0.3 is 9.08 Å². The Morgan fingerprint density at radius 1 is 1.09 bits per heavy atom. The minimum atomic E-state index is -4.16. The van der Waals surface area contributed by atoms with Crippen LogP contribution >= 0.6 is 0 Å². The Balaban J connectivity index is 1.73. The van der Waals surface area contributed by atoms with Crippen molar-refractivity contribution in [2.24, 2.45) is 0 Å². The number of halogens is 1. The van der Waals surface area contributed by atoms with Crippen LogP contribution in [0.25, 0.3) is 6.08 Å². The summed E-state index contributed by atoms with van der Waals surface area (Å²) >= 11 is 0. The third-order valence-corrected chi connectivity index (χ3v) is 6.25. The van der Waals surface area contributed by atoms with Gasteiger partial charge in [0.2, 0.25) is 5.91 Å². The summed E-state index contributed by atoms with van der Waals surface area (Å²) < 4.78 is 43.3. The number of carbonyl (C=O) groups excluding carboxylic acids is 1. The Kier molecular flexibility index (Phi) is 7.98. The lowest BCUT2D eigenvalue weighted by atomic mass is 10.1. The molecular weight excluding hydrogens is 475 g/mol. The molecule has 0 fully saturated rings. The van der Waals surface area contributed by atoms with Crippen LogP contribution in [-0.4, -0.2) is 30.2 Å². The first-order valence-corrected chi connectivity index (χ1v) is 12.0. The predicted octanol–water partition coefficient (Wildman–Crippen LogP) is 4.95. The minimum Gasteiger partial charge on any atom is -0.379 e. The molecule has 0 bridgehead atoms. The van der Waals surface area contributed by atoms with Crippen molar-refractivity contribution in [2.75, 3.05) is 0 Å². The number of amides is 1. The molecule has 0 saturated heterocycles. The van der Waals surface area contributed by atoms with E-state index in [0.29, 0.717) is 11.1 Å². The van der Waals surface area contributed by atoms with E-state index in [2.05, 4.69) is 0 Å². The van der Waals surface area contributed by atoms with E-state index in [1.807, 2.05) is 13.8 Å². The lowest BCUT2D eigenvalue weighted by Crippen LogP contribution is -2.35. The van der Waals surface area contributed by atoms with E-state index < -0.39 is 20.9 Å². The van der Waals surface area contributed by atoms with Gasteiger partial charge in [0.15, 0.2) is 0 Å². The van der Waals surface area contributed by atoms with Crippen LogP contribution in [-0.2, 0) is 21.5 Å². The number of nitrogens with zero attached hydrogens (tertiary/aromatic N) is 2. The topological polar surface area (TPSA) is 107 Å². The van der Waals surface area contributed by atoms with Gasteiger partial charge in [-0.15, -0.1) is 0 Å². The zero-order valence-corrected chi connectivity index (χ0v) is 19.8. The van der Waals surface area contributed by atoms with E-state index in [4.69, 9.17) is 4.18 Å². The standard InChI is InChI=1S/C25H23FN2O6S/c1-18(2)27(25(29)15-8-19-6-11-22(12-7-19)28(30)31)17-20-4-3-5-23(16-20)34-35(32,33)24-13-9-21(26)10-14-24/h3-16,18H,17H2,1-2H3. The summed E-state index contributed by atoms with van der Waals surface area (Å²) in [7, 11) is -4.16.